The number of fused-ring (bicyclic) bond motifs is 7. The second kappa shape index (κ2) is 12.2. The molecule has 7 heteroatoms. The van der Waals surface area contributed by atoms with Gasteiger partial charge in [-0.2, -0.15) is 0 Å². The highest BCUT2D eigenvalue weighted by Gasteiger charge is 2.20. The maximum atomic E-state index is 11.5. The Labute approximate surface area is 245 Å². The molecule has 4 aromatic rings. The Morgan fingerprint density at radius 3 is 2.74 bits per heavy atom. The van der Waals surface area contributed by atoms with Crippen molar-refractivity contribution in [3.05, 3.63) is 106 Å². The summed E-state index contributed by atoms with van der Waals surface area (Å²) in [7, 11) is 0. The van der Waals surface area contributed by atoms with E-state index in [4.69, 9.17) is 19.5 Å². The minimum absolute atomic E-state index is 0.00174. The minimum Gasteiger partial charge on any atom is -0.493 e. The largest absolute Gasteiger partial charge is 0.493 e. The number of benzene rings is 3. The molecular formula is C35H34N2O5. The second-order valence-corrected chi connectivity index (χ2v) is 11.1. The summed E-state index contributed by atoms with van der Waals surface area (Å²) < 4.78 is 12.5. The molecule has 0 saturated carbocycles. The van der Waals surface area contributed by atoms with Crippen molar-refractivity contribution in [3.63, 3.8) is 0 Å². The molecular weight excluding hydrogens is 528 g/mol. The summed E-state index contributed by atoms with van der Waals surface area (Å²) in [5.74, 6) is 0.658. The molecule has 2 aliphatic heterocycles. The first kappa shape index (κ1) is 27.7. The Bertz CT molecular complexity index is 1660. The van der Waals surface area contributed by atoms with Crippen LogP contribution in [0.4, 0.5) is 5.69 Å². The zero-order valence-electron chi connectivity index (χ0n) is 23.7. The van der Waals surface area contributed by atoms with Crippen LogP contribution >= 0.6 is 0 Å². The highest BCUT2D eigenvalue weighted by Crippen LogP contribution is 2.36. The molecule has 42 heavy (non-hydrogen) atoms. The fourth-order valence-electron chi connectivity index (χ4n) is 5.69. The Morgan fingerprint density at radius 2 is 1.88 bits per heavy atom. The van der Waals surface area contributed by atoms with Gasteiger partial charge in [-0.1, -0.05) is 43.3 Å². The Kier molecular flexibility index (Phi) is 8.02. The number of nitrogens with zero attached hydrogens (tertiary/aromatic N) is 2. The van der Waals surface area contributed by atoms with Crippen molar-refractivity contribution in [2.45, 2.75) is 58.2 Å². The molecule has 0 aliphatic carbocycles. The molecule has 4 bridgehead atoms. The zero-order chi connectivity index (χ0) is 29.1. The van der Waals surface area contributed by atoms with E-state index in [1.165, 1.54) is 0 Å². The van der Waals surface area contributed by atoms with Crippen LogP contribution < -0.4 is 9.47 Å². The van der Waals surface area contributed by atoms with Crippen molar-refractivity contribution in [1.82, 2.24) is 4.98 Å². The third-order valence-corrected chi connectivity index (χ3v) is 8.11. The maximum Gasteiger partial charge on any atom is 0.335 e. The summed E-state index contributed by atoms with van der Waals surface area (Å²) in [6.07, 6.45) is 3.97. The lowest BCUT2D eigenvalue weighted by molar-refractivity contribution is 0.0696. The van der Waals surface area contributed by atoms with Crippen molar-refractivity contribution in [1.29, 1.82) is 0 Å². The fourth-order valence-corrected chi connectivity index (χ4v) is 5.69. The number of aliphatic hydroxyl groups is 1. The van der Waals surface area contributed by atoms with E-state index >= 15 is 0 Å². The lowest BCUT2D eigenvalue weighted by atomic mass is 9.93. The summed E-state index contributed by atoms with van der Waals surface area (Å²) in [5.41, 5.74) is 9.08. The summed E-state index contributed by atoms with van der Waals surface area (Å²) in [6.45, 7) is 3.08. The lowest BCUT2D eigenvalue weighted by Crippen LogP contribution is -2.09. The van der Waals surface area contributed by atoms with E-state index in [-0.39, 0.29) is 12.5 Å². The van der Waals surface area contributed by atoms with Crippen molar-refractivity contribution in [2.75, 3.05) is 6.61 Å². The SMILES string of the molecule is CC1CCC(Cc2ccc3cc2OCCCc2cc(CO)ccc2COc2cccc-3n2)=Nc2ccc(C(=O)O)cc21. The van der Waals surface area contributed by atoms with Crippen LogP contribution in [0.5, 0.6) is 11.6 Å². The fraction of sp³-hybridized carbons (Fsp3) is 0.286. The highest BCUT2D eigenvalue weighted by atomic mass is 16.5. The predicted molar refractivity (Wildman–Crippen MR) is 162 cm³/mol. The van der Waals surface area contributed by atoms with Crippen molar-refractivity contribution in [3.8, 4) is 22.9 Å². The van der Waals surface area contributed by atoms with Gasteiger partial charge >= 0.3 is 5.97 Å². The number of aryl methyl sites for hydroxylation is 1. The van der Waals surface area contributed by atoms with Crippen LogP contribution in [-0.4, -0.2) is 33.5 Å². The first-order valence-electron chi connectivity index (χ1n) is 14.5. The number of carbonyl (C=O) groups is 1. The first-order chi connectivity index (χ1) is 20.5. The Hall–Kier alpha value is -4.49. The average Bonchev–Trinajstić information content (AvgIpc) is 3.16. The van der Waals surface area contributed by atoms with Crippen LogP contribution in [0.2, 0.25) is 0 Å². The number of rotatable bonds is 4. The maximum absolute atomic E-state index is 11.5. The van der Waals surface area contributed by atoms with Gasteiger partial charge in [-0.05, 0) is 89.8 Å². The third-order valence-electron chi connectivity index (χ3n) is 8.11. The summed E-state index contributed by atoms with van der Waals surface area (Å²) in [6, 6.07) is 23.2. The zero-order valence-corrected chi connectivity index (χ0v) is 23.7. The molecule has 2 N–H and O–H groups in total. The second-order valence-electron chi connectivity index (χ2n) is 11.1. The van der Waals surface area contributed by atoms with Gasteiger partial charge in [0, 0.05) is 23.8 Å². The quantitative estimate of drug-likeness (QED) is 0.276. The molecule has 0 amide bonds. The van der Waals surface area contributed by atoms with Gasteiger partial charge in [-0.3, -0.25) is 4.99 Å². The van der Waals surface area contributed by atoms with E-state index in [0.29, 0.717) is 31.1 Å². The van der Waals surface area contributed by atoms with Gasteiger partial charge in [0.2, 0.25) is 5.88 Å². The molecule has 1 aromatic heterocycles. The molecule has 0 saturated heterocycles. The van der Waals surface area contributed by atoms with Gasteiger partial charge in [-0.25, -0.2) is 9.78 Å². The number of hydrogen-bond acceptors (Lipinski definition) is 6. The first-order valence-corrected chi connectivity index (χ1v) is 14.5. The molecule has 6 rings (SSSR count). The van der Waals surface area contributed by atoms with Gasteiger partial charge in [0.05, 0.1) is 30.2 Å². The number of ether oxygens (including phenoxy) is 2. The van der Waals surface area contributed by atoms with E-state index < -0.39 is 5.97 Å². The predicted octanol–water partition coefficient (Wildman–Crippen LogP) is 7.06. The topological polar surface area (TPSA) is 101 Å². The number of carboxylic acid groups (broad SMARTS) is 1. The van der Waals surface area contributed by atoms with Crippen molar-refractivity contribution in [2.24, 2.45) is 4.99 Å². The number of pyridine rings is 1. The Balaban J connectivity index is 1.32. The van der Waals surface area contributed by atoms with Gasteiger partial charge < -0.3 is 19.7 Å². The molecule has 3 aromatic carbocycles. The monoisotopic (exact) mass is 562 g/mol. The third kappa shape index (κ3) is 6.06. The molecule has 0 radical (unpaired) electrons. The average molecular weight is 563 g/mol. The number of carboxylic acids is 1. The molecule has 1 atom stereocenters. The number of aromatic nitrogens is 1. The van der Waals surface area contributed by atoms with Crippen LogP contribution in [0.15, 0.2) is 77.8 Å². The van der Waals surface area contributed by atoms with Gasteiger partial charge in [0.1, 0.15) is 12.4 Å². The smallest absolute Gasteiger partial charge is 0.335 e. The van der Waals surface area contributed by atoms with E-state index in [1.807, 2.05) is 42.5 Å². The molecule has 7 nitrogen and oxygen atoms in total. The summed E-state index contributed by atoms with van der Waals surface area (Å²) in [4.78, 5) is 21.3. The lowest BCUT2D eigenvalue weighted by Gasteiger charge is -2.17. The normalized spacial score (nSPS) is 16.4. The standard InChI is InChI=1S/C35H34N2O5/c1-22-7-13-29(36-32-14-12-27(35(39)40)18-30(22)32)17-26-11-10-25-19-33(26)41-15-3-4-24-16-23(20-38)8-9-28(24)21-42-34-6-2-5-31(25)37-34/h2,5-6,8-12,14,16,18-19,22,38H,3-4,7,13,15,17,20-21H2,1H3,(H,39,40). The Morgan fingerprint density at radius 1 is 0.976 bits per heavy atom. The highest BCUT2D eigenvalue weighted by molar-refractivity contribution is 5.92. The molecule has 2 aliphatic rings. The van der Waals surface area contributed by atoms with Gasteiger partial charge in [0.15, 0.2) is 0 Å². The summed E-state index contributed by atoms with van der Waals surface area (Å²) in [5, 5.41) is 19.1. The molecule has 1 unspecified atom stereocenters. The summed E-state index contributed by atoms with van der Waals surface area (Å²) >= 11 is 0. The van der Waals surface area contributed by atoms with Crippen molar-refractivity contribution >= 4 is 17.4 Å². The number of aromatic carboxylic acids is 1. The number of aliphatic hydroxyl groups excluding tert-OH is 1. The molecule has 214 valence electrons. The van der Waals surface area contributed by atoms with Crippen LogP contribution in [0, 0.1) is 0 Å². The van der Waals surface area contributed by atoms with E-state index in [1.54, 1.807) is 12.1 Å². The van der Waals surface area contributed by atoms with Crippen LogP contribution in [0.25, 0.3) is 11.3 Å². The van der Waals surface area contributed by atoms with Gasteiger partial charge in [0.25, 0.3) is 0 Å². The van der Waals surface area contributed by atoms with E-state index in [2.05, 4.69) is 25.1 Å². The number of aliphatic imine (C=N–C) groups is 1. The van der Waals surface area contributed by atoms with Crippen LogP contribution in [0.1, 0.15) is 70.3 Å². The van der Waals surface area contributed by atoms with Crippen LogP contribution in [-0.2, 0) is 26.1 Å². The molecule has 0 spiro atoms. The van der Waals surface area contributed by atoms with Gasteiger partial charge in [-0.15, -0.1) is 0 Å². The van der Waals surface area contributed by atoms with E-state index in [0.717, 1.165) is 81.9 Å². The van der Waals surface area contributed by atoms with Crippen molar-refractivity contribution < 1.29 is 24.5 Å². The van der Waals surface area contributed by atoms with E-state index in [9.17, 15) is 15.0 Å². The molecule has 0 fully saturated rings. The molecule has 3 heterocycles. The van der Waals surface area contributed by atoms with Crippen LogP contribution in [0.3, 0.4) is 0 Å². The minimum atomic E-state index is -0.921. The number of hydrogen-bond donors (Lipinski definition) is 2.